The van der Waals surface area contributed by atoms with Crippen LogP contribution in [0.25, 0.3) is 0 Å². The van der Waals surface area contributed by atoms with Crippen molar-refractivity contribution in [3.05, 3.63) is 0 Å². The van der Waals surface area contributed by atoms with Crippen LogP contribution in [0.4, 0.5) is 0 Å². The lowest BCUT2D eigenvalue weighted by molar-refractivity contribution is 0.167. The number of rotatable bonds is 1. The van der Waals surface area contributed by atoms with Crippen LogP contribution in [-0.2, 0) is 4.74 Å². The van der Waals surface area contributed by atoms with Gasteiger partial charge in [-0.25, -0.2) is 0 Å². The number of hydrogen-bond donors (Lipinski definition) is 0. The van der Waals surface area contributed by atoms with E-state index >= 15 is 0 Å². The average Bonchev–Trinajstić information content (AvgIpc) is 2.12. The molecule has 0 aromatic carbocycles. The van der Waals surface area contributed by atoms with Crippen LogP contribution in [0.5, 0.6) is 0 Å². The fraction of sp³-hybridized carbons (Fsp3) is 0.875. The molecule has 0 saturated carbocycles. The van der Waals surface area contributed by atoms with Gasteiger partial charge >= 0.3 is 0 Å². The first-order chi connectivity index (χ1) is 4.58. The molecule has 58 valence electrons. The van der Waals surface area contributed by atoms with Crippen molar-refractivity contribution >= 4 is 6.40 Å². The van der Waals surface area contributed by atoms with Crippen LogP contribution in [0.1, 0.15) is 27.2 Å². The van der Waals surface area contributed by atoms with Crippen molar-refractivity contribution < 1.29 is 4.74 Å². The lowest BCUT2D eigenvalue weighted by atomic mass is 9.89. The Balaban J connectivity index is 2.26. The maximum Gasteiger partial charge on any atom is 0.170 e. The van der Waals surface area contributed by atoms with Crippen LogP contribution < -0.4 is 0 Å². The molecule has 10 heavy (non-hydrogen) atoms. The highest BCUT2D eigenvalue weighted by Crippen LogP contribution is 2.23. The summed E-state index contributed by atoms with van der Waals surface area (Å²) in [5.41, 5.74) is 0.359. The zero-order valence-electron chi connectivity index (χ0n) is 6.92. The molecule has 0 aromatic heterocycles. The first-order valence-electron chi connectivity index (χ1n) is 3.72. The van der Waals surface area contributed by atoms with Gasteiger partial charge in [0.1, 0.15) is 6.10 Å². The standard InChI is InChI=1S/C8H15NO/c1-8(2,3)4-7-5-9-6-10-7/h6-7H,4-5H2,1-3H3. The zero-order chi connectivity index (χ0) is 7.61. The molecular weight excluding hydrogens is 126 g/mol. The van der Waals surface area contributed by atoms with Crippen molar-refractivity contribution in [3.63, 3.8) is 0 Å². The normalized spacial score (nSPS) is 24.9. The van der Waals surface area contributed by atoms with Gasteiger partial charge in [0.05, 0.1) is 6.54 Å². The summed E-state index contributed by atoms with van der Waals surface area (Å²) in [6, 6.07) is 0. The summed E-state index contributed by atoms with van der Waals surface area (Å²) >= 11 is 0. The molecule has 0 aliphatic carbocycles. The van der Waals surface area contributed by atoms with E-state index in [2.05, 4.69) is 25.8 Å². The highest BCUT2D eigenvalue weighted by Gasteiger charge is 2.20. The third-order valence-corrected chi connectivity index (χ3v) is 1.48. The van der Waals surface area contributed by atoms with Crippen LogP contribution in [0.2, 0.25) is 0 Å². The largest absolute Gasteiger partial charge is 0.478 e. The molecule has 1 unspecified atom stereocenters. The Bertz CT molecular complexity index is 127. The monoisotopic (exact) mass is 141 g/mol. The van der Waals surface area contributed by atoms with E-state index < -0.39 is 0 Å². The van der Waals surface area contributed by atoms with Gasteiger partial charge in [-0.1, -0.05) is 20.8 Å². The van der Waals surface area contributed by atoms with Gasteiger partial charge in [-0.05, 0) is 11.8 Å². The second-order valence-electron chi connectivity index (χ2n) is 3.99. The Kier molecular flexibility index (Phi) is 1.97. The summed E-state index contributed by atoms with van der Waals surface area (Å²) in [5, 5.41) is 0. The van der Waals surface area contributed by atoms with Gasteiger partial charge in [-0.2, -0.15) is 0 Å². The lowest BCUT2D eigenvalue weighted by Crippen LogP contribution is -2.19. The second-order valence-corrected chi connectivity index (χ2v) is 3.99. The molecule has 0 bridgehead atoms. The van der Waals surface area contributed by atoms with Crippen molar-refractivity contribution in [2.45, 2.75) is 33.3 Å². The molecule has 2 heteroatoms. The van der Waals surface area contributed by atoms with Crippen LogP contribution in [0.15, 0.2) is 4.99 Å². The Hall–Kier alpha value is -0.530. The van der Waals surface area contributed by atoms with Crippen molar-refractivity contribution in [1.29, 1.82) is 0 Å². The molecule has 0 N–H and O–H groups in total. The molecule has 2 nitrogen and oxygen atoms in total. The van der Waals surface area contributed by atoms with E-state index in [1.54, 1.807) is 6.40 Å². The quantitative estimate of drug-likeness (QED) is 0.546. The van der Waals surface area contributed by atoms with Crippen LogP contribution in [0, 0.1) is 5.41 Å². The highest BCUT2D eigenvalue weighted by atomic mass is 16.5. The predicted molar refractivity (Wildman–Crippen MR) is 42.3 cm³/mol. The van der Waals surface area contributed by atoms with Gasteiger partial charge in [0.2, 0.25) is 0 Å². The molecule has 0 fully saturated rings. The predicted octanol–water partition coefficient (Wildman–Crippen LogP) is 1.85. The second kappa shape index (κ2) is 2.60. The van der Waals surface area contributed by atoms with E-state index in [0.717, 1.165) is 13.0 Å². The molecule has 0 amide bonds. The third-order valence-electron chi connectivity index (χ3n) is 1.48. The fourth-order valence-corrected chi connectivity index (χ4v) is 1.13. The lowest BCUT2D eigenvalue weighted by Gasteiger charge is -2.21. The summed E-state index contributed by atoms with van der Waals surface area (Å²) in [6.07, 6.45) is 2.99. The van der Waals surface area contributed by atoms with Crippen LogP contribution >= 0.6 is 0 Å². The Morgan fingerprint density at radius 3 is 2.70 bits per heavy atom. The van der Waals surface area contributed by atoms with E-state index in [1.165, 1.54) is 0 Å². The first-order valence-corrected chi connectivity index (χ1v) is 3.72. The number of hydrogen-bond acceptors (Lipinski definition) is 2. The molecule has 1 aliphatic heterocycles. The van der Waals surface area contributed by atoms with E-state index in [4.69, 9.17) is 4.74 Å². The smallest absolute Gasteiger partial charge is 0.170 e. The summed E-state index contributed by atoms with van der Waals surface area (Å²) in [7, 11) is 0. The number of nitrogens with zero attached hydrogens (tertiary/aromatic N) is 1. The van der Waals surface area contributed by atoms with Crippen molar-refractivity contribution in [3.8, 4) is 0 Å². The summed E-state index contributed by atoms with van der Waals surface area (Å²) < 4.78 is 5.24. The van der Waals surface area contributed by atoms with E-state index in [1.807, 2.05) is 0 Å². The summed E-state index contributed by atoms with van der Waals surface area (Å²) in [5.74, 6) is 0. The molecule has 1 heterocycles. The maximum absolute atomic E-state index is 5.24. The Morgan fingerprint density at radius 2 is 2.30 bits per heavy atom. The molecule has 0 aromatic rings. The van der Waals surface area contributed by atoms with Crippen LogP contribution in [-0.4, -0.2) is 19.0 Å². The molecular formula is C8H15NO. The minimum atomic E-state index is 0.333. The summed E-state index contributed by atoms with van der Waals surface area (Å²) in [4.78, 5) is 4.00. The number of ether oxygens (including phenoxy) is 1. The van der Waals surface area contributed by atoms with Crippen LogP contribution in [0.3, 0.4) is 0 Å². The van der Waals surface area contributed by atoms with Crippen molar-refractivity contribution in [1.82, 2.24) is 0 Å². The van der Waals surface area contributed by atoms with E-state index in [-0.39, 0.29) is 0 Å². The molecule has 0 saturated heterocycles. The third kappa shape index (κ3) is 2.38. The minimum Gasteiger partial charge on any atom is -0.478 e. The van der Waals surface area contributed by atoms with Gasteiger partial charge in [0, 0.05) is 0 Å². The van der Waals surface area contributed by atoms with Gasteiger partial charge in [0.25, 0.3) is 0 Å². The topological polar surface area (TPSA) is 21.6 Å². The summed E-state index contributed by atoms with van der Waals surface area (Å²) in [6.45, 7) is 7.50. The van der Waals surface area contributed by atoms with E-state index in [0.29, 0.717) is 11.5 Å². The SMILES string of the molecule is CC(C)(C)CC1CN=CO1. The fourth-order valence-electron chi connectivity index (χ4n) is 1.13. The minimum absolute atomic E-state index is 0.333. The maximum atomic E-state index is 5.24. The highest BCUT2D eigenvalue weighted by molar-refractivity contribution is 5.48. The molecule has 1 rings (SSSR count). The van der Waals surface area contributed by atoms with Gasteiger partial charge in [-0.3, -0.25) is 4.99 Å². The average molecular weight is 141 g/mol. The first kappa shape index (κ1) is 7.58. The molecule has 1 aliphatic rings. The Labute approximate surface area is 62.3 Å². The molecule has 0 spiro atoms. The van der Waals surface area contributed by atoms with Gasteiger partial charge in [-0.15, -0.1) is 0 Å². The van der Waals surface area contributed by atoms with Gasteiger partial charge < -0.3 is 4.74 Å². The number of aliphatic imine (C=N–C) groups is 1. The zero-order valence-corrected chi connectivity index (χ0v) is 6.92. The Morgan fingerprint density at radius 1 is 1.60 bits per heavy atom. The van der Waals surface area contributed by atoms with E-state index in [9.17, 15) is 0 Å². The molecule has 0 radical (unpaired) electrons. The van der Waals surface area contributed by atoms with Gasteiger partial charge in [0.15, 0.2) is 6.40 Å². The van der Waals surface area contributed by atoms with Crippen molar-refractivity contribution in [2.24, 2.45) is 10.4 Å². The molecule has 1 atom stereocenters. The van der Waals surface area contributed by atoms with Crippen molar-refractivity contribution in [2.75, 3.05) is 6.54 Å².